The maximum atomic E-state index is 12.7. The molecule has 0 aromatic heterocycles. The Bertz CT molecular complexity index is 903. The van der Waals surface area contributed by atoms with E-state index < -0.39 is 30.3 Å². The fourth-order valence-electron chi connectivity index (χ4n) is 3.19. The number of hydrogen-bond acceptors (Lipinski definition) is 4. The Labute approximate surface area is 176 Å². The van der Waals surface area contributed by atoms with Crippen molar-refractivity contribution < 1.29 is 27.9 Å². The zero-order chi connectivity index (χ0) is 21.7. The molecule has 1 aliphatic heterocycles. The molecule has 2 amide bonds. The second-order valence-corrected chi connectivity index (χ2v) is 7.92. The van der Waals surface area contributed by atoms with E-state index in [0.717, 1.165) is 28.5 Å². The lowest BCUT2D eigenvalue weighted by atomic mass is 10.0. The number of carbonyl (C=O) groups excluding carboxylic acids is 2. The van der Waals surface area contributed by atoms with E-state index in [4.69, 9.17) is 0 Å². The fraction of sp³-hybridized carbons (Fsp3) is 0.333. The maximum absolute atomic E-state index is 12.7. The summed E-state index contributed by atoms with van der Waals surface area (Å²) in [6, 6.07) is 11.0. The molecule has 30 heavy (non-hydrogen) atoms. The molecule has 0 bridgehead atoms. The number of benzene rings is 2. The molecule has 2 aromatic rings. The summed E-state index contributed by atoms with van der Waals surface area (Å²) in [5, 5.41) is 12.1. The summed E-state index contributed by atoms with van der Waals surface area (Å²) in [6.45, 7) is 0.0920. The number of halogens is 3. The van der Waals surface area contributed by atoms with Gasteiger partial charge >= 0.3 is 6.18 Å². The third kappa shape index (κ3) is 5.34. The normalized spacial score (nSPS) is 14.7. The van der Waals surface area contributed by atoms with Crippen molar-refractivity contribution in [1.82, 2.24) is 5.32 Å². The average molecular weight is 438 g/mol. The second kappa shape index (κ2) is 9.53. The largest absolute Gasteiger partial charge is 0.416 e. The predicted octanol–water partition coefficient (Wildman–Crippen LogP) is 3.77. The minimum atomic E-state index is -4.46. The van der Waals surface area contributed by atoms with Gasteiger partial charge in [-0.2, -0.15) is 13.2 Å². The highest BCUT2D eigenvalue weighted by molar-refractivity contribution is 7.99. The molecular weight excluding hydrogens is 417 g/mol. The molecular formula is C21H21F3N2O3S. The Hall–Kier alpha value is -2.52. The monoisotopic (exact) mass is 438 g/mol. The van der Waals surface area contributed by atoms with Gasteiger partial charge in [-0.3, -0.25) is 9.59 Å². The standard InChI is InChI=1S/C21H21F3N2O3S/c22-21(23,24)15-7-5-14(6-8-15)16(13-27)25-19(28)9-10-20(29)26-11-12-30-18-4-2-1-3-17(18)26/h1-8,16,27H,9-13H2,(H,25,28). The molecule has 160 valence electrons. The molecule has 1 atom stereocenters. The first-order valence-electron chi connectivity index (χ1n) is 9.39. The number of hydrogen-bond donors (Lipinski definition) is 2. The zero-order valence-corrected chi connectivity index (χ0v) is 16.8. The molecule has 9 heteroatoms. The van der Waals surface area contributed by atoms with Crippen LogP contribution >= 0.6 is 11.8 Å². The zero-order valence-electron chi connectivity index (χ0n) is 16.0. The number of nitrogens with one attached hydrogen (secondary N) is 1. The Morgan fingerprint density at radius 3 is 2.47 bits per heavy atom. The van der Waals surface area contributed by atoms with E-state index in [1.807, 2.05) is 24.3 Å². The number of aliphatic hydroxyl groups is 1. The molecule has 0 radical (unpaired) electrons. The van der Waals surface area contributed by atoms with Crippen LogP contribution in [0.25, 0.3) is 0 Å². The molecule has 1 unspecified atom stereocenters. The van der Waals surface area contributed by atoms with E-state index in [1.165, 1.54) is 12.1 Å². The predicted molar refractivity (Wildman–Crippen MR) is 108 cm³/mol. The lowest BCUT2D eigenvalue weighted by Gasteiger charge is -2.29. The molecule has 0 spiro atoms. The molecule has 0 saturated heterocycles. The third-order valence-electron chi connectivity index (χ3n) is 4.75. The number of fused-ring (bicyclic) bond motifs is 1. The first kappa shape index (κ1) is 22.2. The van der Waals surface area contributed by atoms with Crippen molar-refractivity contribution in [1.29, 1.82) is 0 Å². The molecule has 5 nitrogen and oxygen atoms in total. The molecule has 1 heterocycles. The topological polar surface area (TPSA) is 69.6 Å². The van der Waals surface area contributed by atoms with Crippen molar-refractivity contribution in [2.75, 3.05) is 23.8 Å². The number of rotatable bonds is 6. The Morgan fingerprint density at radius 1 is 1.10 bits per heavy atom. The highest BCUT2D eigenvalue weighted by Crippen LogP contribution is 2.34. The van der Waals surface area contributed by atoms with Gasteiger partial charge in [0.05, 0.1) is 23.9 Å². The number of anilines is 1. The van der Waals surface area contributed by atoms with Crippen LogP contribution in [0.1, 0.15) is 30.0 Å². The van der Waals surface area contributed by atoms with Crippen LogP contribution in [0, 0.1) is 0 Å². The number of thioether (sulfide) groups is 1. The average Bonchev–Trinajstić information content (AvgIpc) is 2.75. The second-order valence-electron chi connectivity index (χ2n) is 6.78. The van der Waals surface area contributed by atoms with Crippen molar-refractivity contribution in [2.45, 2.75) is 30.0 Å². The third-order valence-corrected chi connectivity index (χ3v) is 5.80. The summed E-state index contributed by atoms with van der Waals surface area (Å²) in [5.74, 6) is 0.144. The summed E-state index contributed by atoms with van der Waals surface area (Å²) >= 11 is 1.67. The van der Waals surface area contributed by atoms with Crippen LogP contribution in [0.3, 0.4) is 0 Å². The SMILES string of the molecule is O=C(CCC(=O)N1CCSc2ccccc21)NC(CO)c1ccc(C(F)(F)F)cc1. The van der Waals surface area contributed by atoms with Gasteiger partial charge in [0.15, 0.2) is 0 Å². The van der Waals surface area contributed by atoms with E-state index in [9.17, 15) is 27.9 Å². The van der Waals surface area contributed by atoms with Crippen LogP contribution in [0.5, 0.6) is 0 Å². The number of para-hydroxylation sites is 1. The van der Waals surface area contributed by atoms with Gasteiger partial charge in [-0.05, 0) is 29.8 Å². The lowest BCUT2D eigenvalue weighted by Crippen LogP contribution is -2.37. The maximum Gasteiger partial charge on any atom is 0.416 e. The minimum Gasteiger partial charge on any atom is -0.394 e. The van der Waals surface area contributed by atoms with Crippen LogP contribution in [0.15, 0.2) is 53.4 Å². The number of carbonyl (C=O) groups is 2. The van der Waals surface area contributed by atoms with Gasteiger partial charge in [0.1, 0.15) is 0 Å². The molecule has 2 N–H and O–H groups in total. The van der Waals surface area contributed by atoms with Crippen LogP contribution < -0.4 is 10.2 Å². The van der Waals surface area contributed by atoms with Crippen LogP contribution in [0.4, 0.5) is 18.9 Å². The number of amides is 2. The van der Waals surface area contributed by atoms with Gasteiger partial charge < -0.3 is 15.3 Å². The van der Waals surface area contributed by atoms with Crippen molar-refractivity contribution in [3.8, 4) is 0 Å². The van der Waals surface area contributed by atoms with Gasteiger partial charge in [0.2, 0.25) is 11.8 Å². The van der Waals surface area contributed by atoms with Gasteiger partial charge in [-0.25, -0.2) is 0 Å². The Kier molecular flexibility index (Phi) is 7.04. The summed E-state index contributed by atoms with van der Waals surface area (Å²) in [7, 11) is 0. The smallest absolute Gasteiger partial charge is 0.394 e. The quantitative estimate of drug-likeness (QED) is 0.720. The molecule has 0 fully saturated rings. The van der Waals surface area contributed by atoms with E-state index in [2.05, 4.69) is 5.32 Å². The highest BCUT2D eigenvalue weighted by Gasteiger charge is 2.30. The summed E-state index contributed by atoms with van der Waals surface area (Å²) < 4.78 is 38.0. The first-order valence-corrected chi connectivity index (χ1v) is 10.4. The highest BCUT2D eigenvalue weighted by atomic mass is 32.2. The van der Waals surface area contributed by atoms with E-state index >= 15 is 0 Å². The van der Waals surface area contributed by atoms with Crippen LogP contribution in [-0.2, 0) is 15.8 Å². The summed E-state index contributed by atoms with van der Waals surface area (Å²) in [4.78, 5) is 27.6. The van der Waals surface area contributed by atoms with Gasteiger partial charge in [-0.1, -0.05) is 24.3 Å². The van der Waals surface area contributed by atoms with Crippen molar-refractivity contribution in [3.63, 3.8) is 0 Å². The van der Waals surface area contributed by atoms with Crippen LogP contribution in [0.2, 0.25) is 0 Å². The van der Waals surface area contributed by atoms with E-state index in [1.54, 1.807) is 16.7 Å². The number of aliphatic hydroxyl groups excluding tert-OH is 1. The van der Waals surface area contributed by atoms with Gasteiger partial charge in [0, 0.05) is 30.0 Å². The van der Waals surface area contributed by atoms with Gasteiger partial charge in [-0.15, -0.1) is 11.8 Å². The molecule has 0 saturated carbocycles. The van der Waals surface area contributed by atoms with Crippen molar-refractivity contribution in [2.24, 2.45) is 0 Å². The van der Waals surface area contributed by atoms with E-state index in [0.29, 0.717) is 12.1 Å². The minimum absolute atomic E-state index is 0.00397. The summed E-state index contributed by atoms with van der Waals surface area (Å²) in [6.07, 6.45) is -4.54. The van der Waals surface area contributed by atoms with Gasteiger partial charge in [0.25, 0.3) is 0 Å². The molecule has 0 aliphatic carbocycles. The van der Waals surface area contributed by atoms with Crippen molar-refractivity contribution >= 4 is 29.3 Å². The molecule has 2 aromatic carbocycles. The first-order chi connectivity index (χ1) is 14.3. The molecule has 1 aliphatic rings. The Balaban J connectivity index is 1.56. The molecule has 3 rings (SSSR count). The Morgan fingerprint density at radius 2 is 1.80 bits per heavy atom. The summed E-state index contributed by atoms with van der Waals surface area (Å²) in [5.41, 5.74) is 0.379. The van der Waals surface area contributed by atoms with Crippen LogP contribution in [-0.4, -0.2) is 35.8 Å². The fourth-order valence-corrected chi connectivity index (χ4v) is 4.18. The lowest BCUT2D eigenvalue weighted by molar-refractivity contribution is -0.137. The van der Waals surface area contributed by atoms with Crippen molar-refractivity contribution in [3.05, 3.63) is 59.7 Å². The van der Waals surface area contributed by atoms with E-state index in [-0.39, 0.29) is 18.7 Å². The number of alkyl halides is 3. The number of nitrogens with zero attached hydrogens (tertiary/aromatic N) is 1.